The molecule has 0 heterocycles. The Kier molecular flexibility index (Phi) is 3.46. The van der Waals surface area contributed by atoms with E-state index in [1.807, 2.05) is 37.3 Å². The van der Waals surface area contributed by atoms with Gasteiger partial charge in [0.2, 0.25) is 0 Å². The highest BCUT2D eigenvalue weighted by Crippen LogP contribution is 2.15. The lowest BCUT2D eigenvalue weighted by Gasteiger charge is -2.12. The molecule has 0 aliphatic heterocycles. The van der Waals surface area contributed by atoms with Crippen molar-refractivity contribution >= 4 is 5.97 Å². The summed E-state index contributed by atoms with van der Waals surface area (Å²) in [6.07, 6.45) is -0.225. The van der Waals surface area contributed by atoms with E-state index in [2.05, 4.69) is 0 Å². The molecule has 0 radical (unpaired) electrons. The zero-order valence-corrected chi connectivity index (χ0v) is 7.57. The Bertz CT molecular complexity index is 272. The van der Waals surface area contributed by atoms with Crippen LogP contribution in [0.5, 0.6) is 0 Å². The van der Waals surface area contributed by atoms with E-state index >= 15 is 0 Å². The fraction of sp³-hybridized carbons (Fsp3) is 0.300. The summed E-state index contributed by atoms with van der Waals surface area (Å²) in [5, 5.41) is 0. The average Bonchev–Trinajstić information content (AvgIpc) is 2.19. The predicted octanol–water partition coefficient (Wildman–Crippen LogP) is 1.25. The summed E-state index contributed by atoms with van der Waals surface area (Å²) in [6, 6.07) is 9.55. The van der Waals surface area contributed by atoms with Gasteiger partial charge in [-0.3, -0.25) is 4.79 Å². The third-order valence-corrected chi connectivity index (χ3v) is 1.74. The van der Waals surface area contributed by atoms with Crippen LogP contribution >= 0.6 is 0 Å². The first kappa shape index (κ1) is 9.74. The van der Waals surface area contributed by atoms with Crippen LogP contribution in [0.3, 0.4) is 0 Å². The van der Waals surface area contributed by atoms with E-state index in [1.54, 1.807) is 0 Å². The Labute approximate surface area is 77.5 Å². The van der Waals surface area contributed by atoms with Crippen molar-refractivity contribution in [1.82, 2.24) is 0 Å². The standard InChI is InChI=1S/C10H13NO2/c1-8(13-10(12)7-11)9-5-3-2-4-6-9/h2-6,8H,7,11H2,1H3/t8-/m1/s1. The number of hydrogen-bond donors (Lipinski definition) is 1. The van der Waals surface area contributed by atoms with Gasteiger partial charge in [-0.15, -0.1) is 0 Å². The first-order valence-electron chi connectivity index (χ1n) is 4.18. The SMILES string of the molecule is C[C@@H](OC(=O)CN)c1ccccc1. The molecule has 1 aromatic carbocycles. The van der Waals surface area contributed by atoms with Gasteiger partial charge >= 0.3 is 5.97 Å². The van der Waals surface area contributed by atoms with Crippen LogP contribution < -0.4 is 5.73 Å². The maximum atomic E-state index is 10.8. The van der Waals surface area contributed by atoms with Crippen LogP contribution in [0.4, 0.5) is 0 Å². The summed E-state index contributed by atoms with van der Waals surface area (Å²) in [5.41, 5.74) is 6.10. The molecule has 0 bridgehead atoms. The summed E-state index contributed by atoms with van der Waals surface area (Å²) >= 11 is 0. The van der Waals surface area contributed by atoms with Gasteiger partial charge in [-0.25, -0.2) is 0 Å². The minimum atomic E-state index is -0.378. The molecule has 0 aliphatic carbocycles. The lowest BCUT2D eigenvalue weighted by molar-refractivity contribution is -0.146. The van der Waals surface area contributed by atoms with Gasteiger partial charge in [0.15, 0.2) is 0 Å². The molecule has 0 aliphatic rings. The first-order valence-corrected chi connectivity index (χ1v) is 4.18. The number of ether oxygens (including phenoxy) is 1. The molecule has 1 rings (SSSR count). The van der Waals surface area contributed by atoms with E-state index in [0.717, 1.165) is 5.56 Å². The van der Waals surface area contributed by atoms with E-state index in [4.69, 9.17) is 10.5 Å². The maximum absolute atomic E-state index is 10.8. The molecule has 13 heavy (non-hydrogen) atoms. The highest BCUT2D eigenvalue weighted by atomic mass is 16.5. The highest BCUT2D eigenvalue weighted by molar-refractivity contribution is 5.71. The number of hydrogen-bond acceptors (Lipinski definition) is 3. The quantitative estimate of drug-likeness (QED) is 0.710. The molecule has 0 amide bonds. The summed E-state index contributed by atoms with van der Waals surface area (Å²) in [6.45, 7) is 1.75. The second-order valence-electron chi connectivity index (χ2n) is 2.75. The van der Waals surface area contributed by atoms with Crippen LogP contribution in [-0.4, -0.2) is 12.5 Å². The lowest BCUT2D eigenvalue weighted by Crippen LogP contribution is -2.18. The van der Waals surface area contributed by atoms with Crippen molar-refractivity contribution in [2.45, 2.75) is 13.0 Å². The molecular weight excluding hydrogens is 166 g/mol. The smallest absolute Gasteiger partial charge is 0.320 e. The van der Waals surface area contributed by atoms with Crippen molar-refractivity contribution in [3.8, 4) is 0 Å². The van der Waals surface area contributed by atoms with Crippen LogP contribution in [0.15, 0.2) is 30.3 Å². The summed E-state index contributed by atoms with van der Waals surface area (Å²) in [7, 11) is 0. The average molecular weight is 179 g/mol. The molecule has 0 aromatic heterocycles. The van der Waals surface area contributed by atoms with E-state index in [1.165, 1.54) is 0 Å². The van der Waals surface area contributed by atoms with Crippen LogP contribution in [-0.2, 0) is 9.53 Å². The van der Waals surface area contributed by atoms with Gasteiger partial charge in [0.25, 0.3) is 0 Å². The summed E-state index contributed by atoms with van der Waals surface area (Å²) in [4.78, 5) is 10.8. The van der Waals surface area contributed by atoms with Gasteiger partial charge in [0.05, 0.1) is 6.54 Å². The zero-order valence-electron chi connectivity index (χ0n) is 7.57. The Morgan fingerprint density at radius 3 is 2.62 bits per heavy atom. The molecule has 0 fully saturated rings. The molecule has 0 spiro atoms. The fourth-order valence-electron chi connectivity index (χ4n) is 1.04. The molecule has 3 heteroatoms. The topological polar surface area (TPSA) is 52.3 Å². The molecule has 1 aromatic rings. The lowest BCUT2D eigenvalue weighted by atomic mass is 10.1. The van der Waals surface area contributed by atoms with E-state index in [-0.39, 0.29) is 18.6 Å². The number of benzene rings is 1. The minimum Gasteiger partial charge on any atom is -0.457 e. The van der Waals surface area contributed by atoms with Gasteiger partial charge < -0.3 is 10.5 Å². The molecular formula is C10H13NO2. The van der Waals surface area contributed by atoms with E-state index < -0.39 is 0 Å². The number of esters is 1. The first-order chi connectivity index (χ1) is 6.24. The summed E-state index contributed by atoms with van der Waals surface area (Å²) in [5.74, 6) is -0.378. The van der Waals surface area contributed by atoms with Crippen molar-refractivity contribution in [2.75, 3.05) is 6.54 Å². The van der Waals surface area contributed by atoms with E-state index in [0.29, 0.717) is 0 Å². The molecule has 2 N–H and O–H groups in total. The number of nitrogens with two attached hydrogens (primary N) is 1. The van der Waals surface area contributed by atoms with Gasteiger partial charge in [0, 0.05) is 0 Å². The fourth-order valence-corrected chi connectivity index (χ4v) is 1.04. The van der Waals surface area contributed by atoms with Crippen molar-refractivity contribution in [2.24, 2.45) is 5.73 Å². The molecule has 0 unspecified atom stereocenters. The Morgan fingerprint density at radius 2 is 2.08 bits per heavy atom. The third kappa shape index (κ3) is 2.87. The second-order valence-corrected chi connectivity index (χ2v) is 2.75. The molecule has 70 valence electrons. The largest absolute Gasteiger partial charge is 0.457 e. The highest BCUT2D eigenvalue weighted by Gasteiger charge is 2.08. The number of carbonyl (C=O) groups excluding carboxylic acids is 1. The van der Waals surface area contributed by atoms with E-state index in [9.17, 15) is 4.79 Å². The van der Waals surface area contributed by atoms with Crippen molar-refractivity contribution in [1.29, 1.82) is 0 Å². The normalized spacial score (nSPS) is 12.2. The molecule has 1 atom stereocenters. The predicted molar refractivity (Wildman–Crippen MR) is 50.0 cm³/mol. The second kappa shape index (κ2) is 4.62. The zero-order chi connectivity index (χ0) is 9.68. The van der Waals surface area contributed by atoms with Gasteiger partial charge in [-0.2, -0.15) is 0 Å². The molecule has 3 nitrogen and oxygen atoms in total. The Morgan fingerprint density at radius 1 is 1.46 bits per heavy atom. The summed E-state index contributed by atoms with van der Waals surface area (Å²) < 4.78 is 5.02. The van der Waals surface area contributed by atoms with Crippen LogP contribution in [0, 0.1) is 0 Å². The van der Waals surface area contributed by atoms with Crippen molar-refractivity contribution < 1.29 is 9.53 Å². The van der Waals surface area contributed by atoms with Gasteiger partial charge in [0.1, 0.15) is 6.10 Å². The maximum Gasteiger partial charge on any atom is 0.320 e. The Hall–Kier alpha value is -1.35. The molecule has 0 saturated carbocycles. The molecule has 0 saturated heterocycles. The van der Waals surface area contributed by atoms with Gasteiger partial charge in [-0.05, 0) is 12.5 Å². The number of carbonyl (C=O) groups is 1. The monoisotopic (exact) mass is 179 g/mol. The van der Waals surface area contributed by atoms with Crippen molar-refractivity contribution in [3.05, 3.63) is 35.9 Å². The Balaban J connectivity index is 2.59. The van der Waals surface area contributed by atoms with Crippen LogP contribution in [0.1, 0.15) is 18.6 Å². The van der Waals surface area contributed by atoms with Crippen molar-refractivity contribution in [3.63, 3.8) is 0 Å². The number of rotatable bonds is 3. The van der Waals surface area contributed by atoms with Gasteiger partial charge in [-0.1, -0.05) is 30.3 Å². The van der Waals surface area contributed by atoms with Crippen LogP contribution in [0.25, 0.3) is 0 Å². The van der Waals surface area contributed by atoms with Crippen LogP contribution in [0.2, 0.25) is 0 Å². The minimum absolute atomic E-state index is 0.0722. The third-order valence-electron chi connectivity index (χ3n) is 1.74.